The monoisotopic (exact) mass is 312 g/mol. The molecule has 18 heavy (non-hydrogen) atoms. The number of nitrogens with zero attached hydrogens (tertiary/aromatic N) is 2. The molecule has 0 unspecified atom stereocenters. The van der Waals surface area contributed by atoms with Crippen molar-refractivity contribution in [1.29, 1.82) is 0 Å². The minimum atomic E-state index is -0.0877. The van der Waals surface area contributed by atoms with Gasteiger partial charge in [-0.15, -0.1) is 0 Å². The first-order valence-corrected chi connectivity index (χ1v) is 6.83. The standard InChI is InChI=1S/C13H17BrN2O2/c1-15-5-2-6-16(8-7-15)13(18)11-4-3-10(14)9-12(11)17/h3-4,9,17H,2,5-8H2,1H3. The van der Waals surface area contributed by atoms with E-state index in [1.165, 1.54) is 0 Å². The number of aromatic hydroxyl groups is 1. The topological polar surface area (TPSA) is 43.8 Å². The maximum absolute atomic E-state index is 12.3. The van der Waals surface area contributed by atoms with Crippen molar-refractivity contribution in [2.24, 2.45) is 0 Å². The van der Waals surface area contributed by atoms with E-state index in [0.717, 1.165) is 30.5 Å². The fourth-order valence-corrected chi connectivity index (χ4v) is 2.45. The number of carbonyl (C=O) groups is 1. The van der Waals surface area contributed by atoms with Crippen LogP contribution in [0.1, 0.15) is 16.8 Å². The van der Waals surface area contributed by atoms with Crippen LogP contribution in [0.25, 0.3) is 0 Å². The molecule has 5 heteroatoms. The molecule has 1 fully saturated rings. The average molecular weight is 313 g/mol. The van der Waals surface area contributed by atoms with Gasteiger partial charge < -0.3 is 14.9 Å². The first kappa shape index (κ1) is 13.4. The third kappa shape index (κ3) is 3.03. The zero-order chi connectivity index (χ0) is 13.1. The Morgan fingerprint density at radius 2 is 2.06 bits per heavy atom. The zero-order valence-electron chi connectivity index (χ0n) is 10.4. The van der Waals surface area contributed by atoms with Crippen LogP contribution >= 0.6 is 15.9 Å². The molecule has 0 aliphatic carbocycles. The SMILES string of the molecule is CN1CCCN(C(=O)c2ccc(Br)cc2O)CC1. The molecule has 0 bridgehead atoms. The Morgan fingerprint density at radius 1 is 1.28 bits per heavy atom. The van der Waals surface area contributed by atoms with Crippen molar-refractivity contribution in [3.05, 3.63) is 28.2 Å². The van der Waals surface area contributed by atoms with Crippen molar-refractivity contribution >= 4 is 21.8 Å². The summed E-state index contributed by atoms with van der Waals surface area (Å²) in [5.41, 5.74) is 0.378. The van der Waals surface area contributed by atoms with Gasteiger partial charge in [-0.1, -0.05) is 15.9 Å². The molecule has 0 saturated carbocycles. The normalized spacial score (nSPS) is 17.6. The lowest BCUT2D eigenvalue weighted by atomic mass is 10.1. The molecule has 1 aromatic rings. The van der Waals surface area contributed by atoms with E-state index in [-0.39, 0.29) is 11.7 Å². The summed E-state index contributed by atoms with van der Waals surface area (Å²) in [4.78, 5) is 16.4. The number of carbonyl (C=O) groups excluding carboxylic acids is 1. The lowest BCUT2D eigenvalue weighted by molar-refractivity contribution is 0.0760. The van der Waals surface area contributed by atoms with Gasteiger partial charge in [0.15, 0.2) is 0 Å². The van der Waals surface area contributed by atoms with Crippen LogP contribution in [-0.4, -0.2) is 54.0 Å². The van der Waals surface area contributed by atoms with Crippen LogP contribution in [0.5, 0.6) is 5.75 Å². The van der Waals surface area contributed by atoms with Crippen LogP contribution in [0.4, 0.5) is 0 Å². The number of halogens is 1. The van der Waals surface area contributed by atoms with Crippen LogP contribution in [0, 0.1) is 0 Å². The molecule has 4 nitrogen and oxygen atoms in total. The highest BCUT2D eigenvalue weighted by atomic mass is 79.9. The number of phenols is 1. The largest absolute Gasteiger partial charge is 0.507 e. The van der Waals surface area contributed by atoms with E-state index < -0.39 is 0 Å². The number of hydrogen-bond donors (Lipinski definition) is 1. The van der Waals surface area contributed by atoms with Gasteiger partial charge in [-0.3, -0.25) is 4.79 Å². The second kappa shape index (κ2) is 5.71. The van der Waals surface area contributed by atoms with Crippen LogP contribution < -0.4 is 0 Å². The molecule has 0 atom stereocenters. The molecule has 1 aliphatic rings. The van der Waals surface area contributed by atoms with Crippen LogP contribution in [0.15, 0.2) is 22.7 Å². The molecular formula is C13H17BrN2O2. The van der Waals surface area contributed by atoms with E-state index >= 15 is 0 Å². The molecule has 1 N–H and O–H groups in total. The Morgan fingerprint density at radius 3 is 2.78 bits per heavy atom. The summed E-state index contributed by atoms with van der Waals surface area (Å²) in [6.45, 7) is 3.35. The van der Waals surface area contributed by atoms with Gasteiger partial charge in [-0.05, 0) is 38.2 Å². The van der Waals surface area contributed by atoms with Crippen molar-refractivity contribution in [3.63, 3.8) is 0 Å². The van der Waals surface area contributed by atoms with Crippen molar-refractivity contribution in [1.82, 2.24) is 9.80 Å². The lowest BCUT2D eigenvalue weighted by Gasteiger charge is -2.21. The average Bonchev–Trinajstić information content (AvgIpc) is 2.53. The van der Waals surface area contributed by atoms with Gasteiger partial charge in [0.25, 0.3) is 5.91 Å². The summed E-state index contributed by atoms with van der Waals surface area (Å²) in [6, 6.07) is 4.99. The Bertz CT molecular complexity index is 451. The Labute approximate surface area is 115 Å². The molecule has 1 aliphatic heterocycles. The molecule has 0 spiro atoms. The predicted octanol–water partition coefficient (Wildman–Crippen LogP) is 1.93. The maximum atomic E-state index is 12.3. The lowest BCUT2D eigenvalue weighted by Crippen LogP contribution is -2.34. The molecule has 2 rings (SSSR count). The van der Waals surface area contributed by atoms with E-state index in [2.05, 4.69) is 27.9 Å². The van der Waals surface area contributed by atoms with Crippen molar-refractivity contribution in [3.8, 4) is 5.75 Å². The molecule has 0 aromatic heterocycles. The van der Waals surface area contributed by atoms with Gasteiger partial charge in [-0.25, -0.2) is 0 Å². The quantitative estimate of drug-likeness (QED) is 0.862. The summed E-state index contributed by atoms with van der Waals surface area (Å²) in [7, 11) is 2.06. The van der Waals surface area contributed by atoms with Crippen molar-refractivity contribution < 1.29 is 9.90 Å². The van der Waals surface area contributed by atoms with Gasteiger partial charge in [-0.2, -0.15) is 0 Å². The van der Waals surface area contributed by atoms with Crippen molar-refractivity contribution in [2.75, 3.05) is 33.2 Å². The number of hydrogen-bond acceptors (Lipinski definition) is 3. The van der Waals surface area contributed by atoms with Gasteiger partial charge in [0.2, 0.25) is 0 Å². The van der Waals surface area contributed by atoms with Crippen molar-refractivity contribution in [2.45, 2.75) is 6.42 Å². The van der Waals surface area contributed by atoms with E-state index in [4.69, 9.17) is 0 Å². The summed E-state index contributed by atoms with van der Waals surface area (Å²) in [5.74, 6) is -0.0534. The van der Waals surface area contributed by atoms with Gasteiger partial charge in [0, 0.05) is 24.1 Å². The van der Waals surface area contributed by atoms with E-state index in [1.54, 1.807) is 18.2 Å². The molecule has 1 amide bonds. The number of phenolic OH excluding ortho intramolecular Hbond substituents is 1. The second-order valence-electron chi connectivity index (χ2n) is 4.61. The zero-order valence-corrected chi connectivity index (χ0v) is 12.0. The third-order valence-corrected chi connectivity index (χ3v) is 3.69. The number of rotatable bonds is 1. The fraction of sp³-hybridized carbons (Fsp3) is 0.462. The first-order chi connectivity index (χ1) is 8.58. The van der Waals surface area contributed by atoms with Gasteiger partial charge in [0.05, 0.1) is 5.56 Å². The Kier molecular flexibility index (Phi) is 4.24. The third-order valence-electron chi connectivity index (χ3n) is 3.20. The Hall–Kier alpha value is -1.07. The minimum absolute atomic E-state index is 0.0342. The van der Waals surface area contributed by atoms with E-state index in [0.29, 0.717) is 12.1 Å². The highest BCUT2D eigenvalue weighted by Gasteiger charge is 2.21. The Balaban J connectivity index is 2.15. The summed E-state index contributed by atoms with van der Waals surface area (Å²) in [6.07, 6.45) is 0.972. The van der Waals surface area contributed by atoms with E-state index in [1.807, 2.05) is 4.90 Å². The molecule has 1 heterocycles. The summed E-state index contributed by atoms with van der Waals surface area (Å²) < 4.78 is 0.771. The van der Waals surface area contributed by atoms with Crippen LogP contribution in [0.3, 0.4) is 0 Å². The highest BCUT2D eigenvalue weighted by Crippen LogP contribution is 2.23. The number of benzene rings is 1. The van der Waals surface area contributed by atoms with Crippen LogP contribution in [0.2, 0.25) is 0 Å². The molecule has 1 saturated heterocycles. The first-order valence-electron chi connectivity index (χ1n) is 6.04. The van der Waals surface area contributed by atoms with Gasteiger partial charge in [0.1, 0.15) is 5.75 Å². The molecule has 98 valence electrons. The number of amides is 1. The van der Waals surface area contributed by atoms with Crippen LogP contribution in [-0.2, 0) is 0 Å². The fourth-order valence-electron chi connectivity index (χ4n) is 2.11. The smallest absolute Gasteiger partial charge is 0.257 e. The number of likely N-dealkylation sites (N-methyl/N-ethyl adjacent to an activating group) is 1. The molecular weight excluding hydrogens is 296 g/mol. The van der Waals surface area contributed by atoms with Gasteiger partial charge >= 0.3 is 0 Å². The summed E-state index contributed by atoms with van der Waals surface area (Å²) in [5, 5.41) is 9.83. The second-order valence-corrected chi connectivity index (χ2v) is 5.53. The maximum Gasteiger partial charge on any atom is 0.257 e. The molecule has 0 radical (unpaired) electrons. The van der Waals surface area contributed by atoms with E-state index in [9.17, 15) is 9.90 Å². The predicted molar refractivity (Wildman–Crippen MR) is 73.8 cm³/mol. The minimum Gasteiger partial charge on any atom is -0.507 e. The molecule has 1 aromatic carbocycles. The highest BCUT2D eigenvalue weighted by molar-refractivity contribution is 9.10. The summed E-state index contributed by atoms with van der Waals surface area (Å²) >= 11 is 3.27.